The number of fused-ring (bicyclic) bond motifs is 6. The molecule has 2 heteroatoms. The fourth-order valence-electron chi connectivity index (χ4n) is 4.61. The normalized spacial score (nSPS) is 12.5. The Bertz CT molecular complexity index is 1570. The summed E-state index contributed by atoms with van der Waals surface area (Å²) in [5, 5.41) is 4.86. The van der Waals surface area contributed by atoms with Gasteiger partial charge in [0.05, 0.1) is 16.7 Å². The molecule has 2 heterocycles. The molecular weight excluding hydrogens is 366 g/mol. The van der Waals surface area contributed by atoms with E-state index in [1.165, 1.54) is 27.4 Å². The molecule has 146 valence electrons. The van der Waals surface area contributed by atoms with Crippen LogP contribution in [0.5, 0.6) is 0 Å². The molecule has 0 unspecified atom stereocenters. The predicted molar refractivity (Wildman–Crippen MR) is 127 cm³/mol. The van der Waals surface area contributed by atoms with Crippen molar-refractivity contribution in [2.24, 2.45) is 0 Å². The summed E-state index contributed by atoms with van der Waals surface area (Å²) in [5.74, 6) is 0. The smallest absolute Gasteiger partial charge is 0.159 e. The van der Waals surface area contributed by atoms with E-state index in [4.69, 9.17) is 4.42 Å². The average molecular weight is 389 g/mol. The second-order valence-electron chi connectivity index (χ2n) is 9.09. The predicted octanol–water partition coefficient (Wildman–Crippen LogP) is 7.98. The third kappa shape index (κ3) is 2.37. The van der Waals surface area contributed by atoms with Gasteiger partial charge in [-0.2, -0.15) is 0 Å². The van der Waals surface area contributed by atoms with Crippen LogP contribution in [0.15, 0.2) is 89.3 Å². The van der Waals surface area contributed by atoms with Gasteiger partial charge in [0, 0.05) is 21.5 Å². The molecule has 0 saturated carbocycles. The maximum Gasteiger partial charge on any atom is 0.159 e. The summed E-state index contributed by atoms with van der Waals surface area (Å²) in [6.45, 7) is 6.80. The molecule has 0 radical (unpaired) electrons. The van der Waals surface area contributed by atoms with Gasteiger partial charge in [0.15, 0.2) is 5.58 Å². The van der Waals surface area contributed by atoms with E-state index < -0.39 is 0 Å². The van der Waals surface area contributed by atoms with Gasteiger partial charge in [-0.25, -0.2) is 0 Å². The number of hydrogen-bond donors (Lipinski definition) is 0. The topological polar surface area (TPSA) is 18.1 Å². The van der Waals surface area contributed by atoms with Crippen LogP contribution in [0.25, 0.3) is 49.4 Å². The zero-order chi connectivity index (χ0) is 20.5. The maximum atomic E-state index is 6.36. The van der Waals surface area contributed by atoms with Crippen LogP contribution in [0.3, 0.4) is 0 Å². The summed E-state index contributed by atoms with van der Waals surface area (Å²) in [4.78, 5) is 0. The van der Waals surface area contributed by atoms with Crippen LogP contribution in [0.2, 0.25) is 0 Å². The highest BCUT2D eigenvalue weighted by atomic mass is 16.3. The van der Waals surface area contributed by atoms with Gasteiger partial charge >= 0.3 is 0 Å². The first-order valence-corrected chi connectivity index (χ1v) is 10.5. The maximum absolute atomic E-state index is 6.36. The first-order valence-electron chi connectivity index (χ1n) is 10.5. The largest absolute Gasteiger partial charge is 0.454 e. The van der Waals surface area contributed by atoms with E-state index in [1.54, 1.807) is 0 Å². The lowest BCUT2D eigenvalue weighted by Gasteiger charge is -2.19. The van der Waals surface area contributed by atoms with E-state index in [0.717, 1.165) is 27.6 Å². The van der Waals surface area contributed by atoms with Gasteiger partial charge in [-0.05, 0) is 41.3 Å². The van der Waals surface area contributed by atoms with Gasteiger partial charge in [0.2, 0.25) is 0 Å². The molecule has 6 aromatic rings. The van der Waals surface area contributed by atoms with Crippen molar-refractivity contribution in [3.05, 3.63) is 90.5 Å². The highest BCUT2D eigenvalue weighted by Gasteiger charge is 2.20. The van der Waals surface area contributed by atoms with Crippen LogP contribution in [-0.4, -0.2) is 4.57 Å². The quantitative estimate of drug-likeness (QED) is 0.279. The molecule has 2 nitrogen and oxygen atoms in total. The van der Waals surface area contributed by atoms with Gasteiger partial charge in [0.25, 0.3) is 0 Å². The Labute approximate surface area is 175 Å². The molecule has 0 bridgehead atoms. The second-order valence-corrected chi connectivity index (χ2v) is 9.09. The van der Waals surface area contributed by atoms with E-state index in [2.05, 4.69) is 98.1 Å². The molecular formula is C28H23NO. The third-order valence-corrected chi connectivity index (χ3v) is 6.16. The lowest BCUT2D eigenvalue weighted by molar-refractivity contribution is 0.591. The summed E-state index contributed by atoms with van der Waals surface area (Å²) in [5.41, 5.74) is 6.80. The third-order valence-electron chi connectivity index (χ3n) is 6.16. The van der Waals surface area contributed by atoms with Crippen molar-refractivity contribution in [3.63, 3.8) is 0 Å². The van der Waals surface area contributed by atoms with Crippen molar-refractivity contribution in [1.82, 2.24) is 4.57 Å². The van der Waals surface area contributed by atoms with Crippen molar-refractivity contribution < 1.29 is 4.42 Å². The lowest BCUT2D eigenvalue weighted by Crippen LogP contribution is -2.10. The van der Waals surface area contributed by atoms with E-state index in [9.17, 15) is 0 Å². The monoisotopic (exact) mass is 389 g/mol. The SMILES string of the molecule is CC(C)(C)c1ccc2c(c1)c1ccccc1n2-c1cccc2c1oc1ccccc12. The fraction of sp³-hybridized carbons (Fsp3) is 0.143. The van der Waals surface area contributed by atoms with Gasteiger partial charge in [0.1, 0.15) is 5.58 Å². The summed E-state index contributed by atoms with van der Waals surface area (Å²) in [6.07, 6.45) is 0. The molecule has 30 heavy (non-hydrogen) atoms. The van der Waals surface area contributed by atoms with Gasteiger partial charge < -0.3 is 8.98 Å². The summed E-state index contributed by atoms with van der Waals surface area (Å²) < 4.78 is 8.71. The highest BCUT2D eigenvalue weighted by Crippen LogP contribution is 2.39. The molecule has 0 amide bonds. The fourth-order valence-corrected chi connectivity index (χ4v) is 4.61. The number of para-hydroxylation sites is 3. The number of aromatic nitrogens is 1. The van der Waals surface area contributed by atoms with E-state index in [0.29, 0.717) is 0 Å². The molecule has 0 saturated heterocycles. The minimum Gasteiger partial charge on any atom is -0.454 e. The minimum absolute atomic E-state index is 0.107. The van der Waals surface area contributed by atoms with Crippen molar-refractivity contribution in [2.45, 2.75) is 26.2 Å². The molecule has 0 spiro atoms. The first-order chi connectivity index (χ1) is 14.5. The molecule has 0 fully saturated rings. The number of rotatable bonds is 1. The number of hydrogen-bond acceptors (Lipinski definition) is 1. The molecule has 0 N–H and O–H groups in total. The van der Waals surface area contributed by atoms with E-state index >= 15 is 0 Å². The Balaban J connectivity index is 1.76. The Hall–Kier alpha value is -3.52. The van der Waals surface area contributed by atoms with Gasteiger partial charge in [-0.1, -0.05) is 75.4 Å². The number of benzene rings is 4. The molecule has 0 aliphatic heterocycles. The first kappa shape index (κ1) is 17.3. The van der Waals surface area contributed by atoms with Crippen molar-refractivity contribution in [1.29, 1.82) is 0 Å². The van der Waals surface area contributed by atoms with E-state index in [-0.39, 0.29) is 5.41 Å². The molecule has 6 rings (SSSR count). The Morgan fingerprint density at radius 1 is 0.633 bits per heavy atom. The summed E-state index contributed by atoms with van der Waals surface area (Å²) in [7, 11) is 0. The number of furan rings is 1. The molecule has 4 aromatic carbocycles. The Morgan fingerprint density at radius 2 is 1.33 bits per heavy atom. The number of nitrogens with zero attached hydrogens (tertiary/aromatic N) is 1. The summed E-state index contributed by atoms with van der Waals surface area (Å²) >= 11 is 0. The van der Waals surface area contributed by atoms with Crippen LogP contribution in [0, 0.1) is 0 Å². The van der Waals surface area contributed by atoms with E-state index in [1.807, 2.05) is 12.1 Å². The van der Waals surface area contributed by atoms with Crippen LogP contribution in [0.1, 0.15) is 26.3 Å². The highest BCUT2D eigenvalue weighted by molar-refractivity contribution is 6.12. The van der Waals surface area contributed by atoms with Crippen LogP contribution in [0.4, 0.5) is 0 Å². The second kappa shape index (κ2) is 5.99. The lowest BCUT2D eigenvalue weighted by atomic mass is 9.86. The molecule has 0 aliphatic rings. The zero-order valence-corrected chi connectivity index (χ0v) is 17.4. The van der Waals surface area contributed by atoms with Crippen LogP contribution in [-0.2, 0) is 5.41 Å². The van der Waals surface area contributed by atoms with Crippen LogP contribution >= 0.6 is 0 Å². The minimum atomic E-state index is 0.107. The van der Waals surface area contributed by atoms with Crippen molar-refractivity contribution in [3.8, 4) is 5.69 Å². The zero-order valence-electron chi connectivity index (χ0n) is 17.4. The average Bonchev–Trinajstić information content (AvgIpc) is 3.28. The molecule has 0 atom stereocenters. The molecule has 0 aliphatic carbocycles. The van der Waals surface area contributed by atoms with Crippen molar-refractivity contribution in [2.75, 3.05) is 0 Å². The van der Waals surface area contributed by atoms with Crippen molar-refractivity contribution >= 4 is 43.7 Å². The Kier molecular flexibility index (Phi) is 3.47. The standard InChI is InChI=1S/C28H23NO/c1-28(2,3)18-15-16-24-22(17-18)19-9-4-6-12-23(19)29(24)25-13-8-11-21-20-10-5-7-14-26(20)30-27(21)25/h4-17H,1-3H3. The Morgan fingerprint density at radius 3 is 2.17 bits per heavy atom. The van der Waals surface area contributed by atoms with Gasteiger partial charge in [-0.15, -0.1) is 0 Å². The summed E-state index contributed by atoms with van der Waals surface area (Å²) in [6, 6.07) is 30.2. The van der Waals surface area contributed by atoms with Crippen LogP contribution < -0.4 is 0 Å². The van der Waals surface area contributed by atoms with Gasteiger partial charge in [-0.3, -0.25) is 0 Å². The molecule has 2 aromatic heterocycles.